The molecule has 6 heteroatoms. The van der Waals surface area contributed by atoms with Crippen LogP contribution in [0.25, 0.3) is 10.8 Å². The standard InChI is InChI=1S/C22H21N3O2S/c23-17-18-6-9-21(10-7-18)24-12-3-13-25(15-14-24)28(26,27)22-11-8-19-4-1-2-5-20(19)16-22/h1-2,4-11,16H,3,12-15H2. The highest BCUT2D eigenvalue weighted by atomic mass is 32.2. The summed E-state index contributed by atoms with van der Waals surface area (Å²) in [6.07, 6.45) is 0.757. The van der Waals surface area contributed by atoms with Gasteiger partial charge in [0.1, 0.15) is 0 Å². The van der Waals surface area contributed by atoms with Crippen molar-refractivity contribution in [3.63, 3.8) is 0 Å². The Morgan fingerprint density at radius 3 is 2.32 bits per heavy atom. The average molecular weight is 391 g/mol. The summed E-state index contributed by atoms with van der Waals surface area (Å²) >= 11 is 0. The number of nitriles is 1. The molecule has 1 fully saturated rings. The second-order valence-electron chi connectivity index (χ2n) is 6.91. The molecule has 142 valence electrons. The topological polar surface area (TPSA) is 64.4 Å². The highest BCUT2D eigenvalue weighted by Gasteiger charge is 2.27. The number of rotatable bonds is 3. The summed E-state index contributed by atoms with van der Waals surface area (Å²) in [4.78, 5) is 2.52. The van der Waals surface area contributed by atoms with Crippen molar-refractivity contribution >= 4 is 26.5 Å². The molecule has 5 nitrogen and oxygen atoms in total. The molecule has 1 aliphatic rings. The minimum atomic E-state index is -3.53. The predicted octanol–water partition coefficient (Wildman–Crippen LogP) is 3.61. The van der Waals surface area contributed by atoms with Crippen molar-refractivity contribution in [1.82, 2.24) is 4.31 Å². The van der Waals surface area contributed by atoms with Crippen molar-refractivity contribution in [2.45, 2.75) is 11.3 Å². The zero-order chi connectivity index (χ0) is 19.6. The van der Waals surface area contributed by atoms with Gasteiger partial charge in [-0.15, -0.1) is 0 Å². The van der Waals surface area contributed by atoms with Gasteiger partial charge in [-0.3, -0.25) is 0 Å². The largest absolute Gasteiger partial charge is 0.370 e. The van der Waals surface area contributed by atoms with Gasteiger partial charge in [0.05, 0.1) is 16.5 Å². The van der Waals surface area contributed by atoms with Crippen molar-refractivity contribution < 1.29 is 8.42 Å². The Morgan fingerprint density at radius 1 is 0.821 bits per heavy atom. The van der Waals surface area contributed by atoms with Crippen LogP contribution in [-0.2, 0) is 10.0 Å². The van der Waals surface area contributed by atoms with Crippen molar-refractivity contribution in [1.29, 1.82) is 5.26 Å². The molecule has 0 atom stereocenters. The van der Waals surface area contributed by atoms with Crippen LogP contribution in [0.2, 0.25) is 0 Å². The van der Waals surface area contributed by atoms with Crippen molar-refractivity contribution in [2.24, 2.45) is 0 Å². The zero-order valence-electron chi connectivity index (χ0n) is 15.5. The first kappa shape index (κ1) is 18.5. The van der Waals surface area contributed by atoms with Gasteiger partial charge in [-0.2, -0.15) is 9.57 Å². The molecule has 0 N–H and O–H groups in total. The summed E-state index contributed by atoms with van der Waals surface area (Å²) in [6, 6.07) is 22.7. The minimum absolute atomic E-state index is 0.345. The Hall–Kier alpha value is -2.88. The predicted molar refractivity (Wildman–Crippen MR) is 111 cm³/mol. The molecular formula is C22H21N3O2S. The third-order valence-corrected chi connectivity index (χ3v) is 7.07. The first-order valence-electron chi connectivity index (χ1n) is 9.32. The maximum Gasteiger partial charge on any atom is 0.243 e. The summed E-state index contributed by atoms with van der Waals surface area (Å²) in [7, 11) is -3.53. The maximum atomic E-state index is 13.2. The Bertz CT molecular complexity index is 1130. The quantitative estimate of drug-likeness (QED) is 0.684. The van der Waals surface area contributed by atoms with E-state index < -0.39 is 10.0 Å². The van der Waals surface area contributed by atoms with E-state index in [0.29, 0.717) is 30.1 Å². The molecule has 0 saturated carbocycles. The van der Waals surface area contributed by atoms with Gasteiger partial charge < -0.3 is 4.90 Å². The van der Waals surface area contributed by atoms with E-state index in [-0.39, 0.29) is 0 Å². The molecule has 3 aromatic carbocycles. The monoisotopic (exact) mass is 391 g/mol. The highest BCUT2D eigenvalue weighted by Crippen LogP contribution is 2.24. The molecular weight excluding hydrogens is 370 g/mol. The van der Waals surface area contributed by atoms with Crippen molar-refractivity contribution in [2.75, 3.05) is 31.1 Å². The second kappa shape index (κ2) is 7.63. The average Bonchev–Trinajstić information content (AvgIpc) is 3.00. The lowest BCUT2D eigenvalue weighted by molar-refractivity contribution is 0.433. The Kier molecular flexibility index (Phi) is 5.03. The van der Waals surface area contributed by atoms with E-state index >= 15 is 0 Å². The van der Waals surface area contributed by atoms with Crippen LogP contribution in [0.5, 0.6) is 0 Å². The van der Waals surface area contributed by atoms with Crippen molar-refractivity contribution in [3.8, 4) is 6.07 Å². The van der Waals surface area contributed by atoms with Gasteiger partial charge in [-0.25, -0.2) is 8.42 Å². The van der Waals surface area contributed by atoms with E-state index in [9.17, 15) is 8.42 Å². The minimum Gasteiger partial charge on any atom is -0.370 e. The number of hydrogen-bond donors (Lipinski definition) is 0. The van der Waals surface area contributed by atoms with Crippen LogP contribution in [-0.4, -0.2) is 38.9 Å². The van der Waals surface area contributed by atoms with E-state index in [4.69, 9.17) is 5.26 Å². The summed E-state index contributed by atoms with van der Waals surface area (Å²) in [6.45, 7) is 2.35. The van der Waals surface area contributed by atoms with Crippen LogP contribution in [0.1, 0.15) is 12.0 Å². The highest BCUT2D eigenvalue weighted by molar-refractivity contribution is 7.89. The molecule has 3 aromatic rings. The molecule has 4 rings (SSSR count). The van der Waals surface area contributed by atoms with Gasteiger partial charge in [0.25, 0.3) is 0 Å². The maximum absolute atomic E-state index is 13.2. The third kappa shape index (κ3) is 3.59. The summed E-state index contributed by atoms with van der Waals surface area (Å²) in [5.74, 6) is 0. The fourth-order valence-corrected chi connectivity index (χ4v) is 5.12. The molecule has 1 heterocycles. The van der Waals surface area contributed by atoms with E-state index in [0.717, 1.165) is 29.4 Å². The summed E-state index contributed by atoms with van der Waals surface area (Å²) in [5.41, 5.74) is 1.64. The van der Waals surface area contributed by atoms with E-state index in [1.165, 1.54) is 0 Å². The summed E-state index contributed by atoms with van der Waals surface area (Å²) < 4.78 is 27.9. The molecule has 0 amide bonds. The Balaban J connectivity index is 1.54. The summed E-state index contributed by atoms with van der Waals surface area (Å²) in [5, 5.41) is 10.9. The van der Waals surface area contributed by atoms with E-state index in [2.05, 4.69) is 11.0 Å². The normalized spacial score (nSPS) is 15.9. The number of benzene rings is 3. The molecule has 0 bridgehead atoms. The number of sulfonamides is 1. The van der Waals surface area contributed by atoms with Crippen LogP contribution in [0.4, 0.5) is 5.69 Å². The van der Waals surface area contributed by atoms with E-state index in [1.54, 1.807) is 28.6 Å². The van der Waals surface area contributed by atoms with Crippen LogP contribution in [0.15, 0.2) is 71.6 Å². The SMILES string of the molecule is N#Cc1ccc(N2CCCN(S(=O)(=O)c3ccc4ccccc4c3)CC2)cc1. The van der Waals surface area contributed by atoms with Crippen LogP contribution < -0.4 is 4.90 Å². The molecule has 0 aromatic heterocycles. The Morgan fingerprint density at radius 2 is 1.57 bits per heavy atom. The molecule has 0 spiro atoms. The number of anilines is 1. The van der Waals surface area contributed by atoms with Gasteiger partial charge in [-0.1, -0.05) is 30.3 Å². The van der Waals surface area contributed by atoms with Crippen LogP contribution in [0.3, 0.4) is 0 Å². The smallest absolute Gasteiger partial charge is 0.243 e. The first-order valence-corrected chi connectivity index (χ1v) is 10.8. The molecule has 0 aliphatic carbocycles. The van der Waals surface area contributed by atoms with E-state index in [1.807, 2.05) is 42.5 Å². The lowest BCUT2D eigenvalue weighted by Gasteiger charge is -2.23. The second-order valence-corrected chi connectivity index (χ2v) is 8.85. The van der Waals surface area contributed by atoms with Gasteiger partial charge in [0.15, 0.2) is 0 Å². The number of nitrogens with zero attached hydrogens (tertiary/aromatic N) is 3. The van der Waals surface area contributed by atoms with Crippen LogP contribution >= 0.6 is 0 Å². The molecule has 1 aliphatic heterocycles. The zero-order valence-corrected chi connectivity index (χ0v) is 16.3. The fraction of sp³-hybridized carbons (Fsp3) is 0.227. The van der Waals surface area contributed by atoms with Crippen LogP contribution in [0, 0.1) is 11.3 Å². The number of fused-ring (bicyclic) bond motifs is 1. The first-order chi connectivity index (χ1) is 13.6. The molecule has 28 heavy (non-hydrogen) atoms. The molecule has 0 radical (unpaired) electrons. The van der Waals surface area contributed by atoms with Gasteiger partial charge in [0.2, 0.25) is 10.0 Å². The number of hydrogen-bond acceptors (Lipinski definition) is 4. The molecule has 0 unspecified atom stereocenters. The third-order valence-electron chi connectivity index (χ3n) is 5.18. The van der Waals surface area contributed by atoms with Gasteiger partial charge in [-0.05, 0) is 53.6 Å². The lowest BCUT2D eigenvalue weighted by Crippen LogP contribution is -2.35. The van der Waals surface area contributed by atoms with Gasteiger partial charge in [0, 0.05) is 31.9 Å². The Labute approximate surface area is 165 Å². The lowest BCUT2D eigenvalue weighted by atomic mass is 10.1. The fourth-order valence-electron chi connectivity index (χ4n) is 3.62. The molecule has 1 saturated heterocycles. The van der Waals surface area contributed by atoms with Gasteiger partial charge >= 0.3 is 0 Å². The van der Waals surface area contributed by atoms with Crippen molar-refractivity contribution in [3.05, 3.63) is 72.3 Å².